The van der Waals surface area contributed by atoms with Gasteiger partial charge < -0.3 is 10.6 Å². The molecule has 1 aromatic rings. The third-order valence-electron chi connectivity index (χ3n) is 3.89. The van der Waals surface area contributed by atoms with Crippen LogP contribution in [0.2, 0.25) is 5.02 Å². The Kier molecular flexibility index (Phi) is 5.86. The summed E-state index contributed by atoms with van der Waals surface area (Å²) in [6, 6.07) is 7.57. The highest BCUT2D eigenvalue weighted by atomic mass is 35.5. The van der Waals surface area contributed by atoms with Gasteiger partial charge in [0.25, 0.3) is 5.91 Å². The summed E-state index contributed by atoms with van der Waals surface area (Å²) in [5.41, 5.74) is 0.653. The summed E-state index contributed by atoms with van der Waals surface area (Å²) in [4.78, 5) is 11.9. The maximum atomic E-state index is 11.9. The van der Waals surface area contributed by atoms with E-state index in [1.807, 2.05) is 0 Å². The summed E-state index contributed by atoms with van der Waals surface area (Å²) in [6.45, 7) is 3.80. The number of nitrogens with one attached hydrogen (secondary N) is 2. The van der Waals surface area contributed by atoms with Gasteiger partial charge in [-0.05, 0) is 43.0 Å². The molecule has 1 aliphatic rings. The van der Waals surface area contributed by atoms with Gasteiger partial charge in [-0.3, -0.25) is 4.79 Å². The molecule has 2 rings (SSSR count). The van der Waals surface area contributed by atoms with E-state index in [0.29, 0.717) is 23.2 Å². The number of benzene rings is 1. The highest BCUT2D eigenvalue weighted by Crippen LogP contribution is 2.23. The average Bonchev–Trinajstić information content (AvgIpc) is 2.44. The van der Waals surface area contributed by atoms with E-state index < -0.39 is 0 Å². The number of carbonyl (C=O) groups is 1. The summed E-state index contributed by atoms with van der Waals surface area (Å²) >= 11 is 5.80. The first-order chi connectivity index (χ1) is 9.65. The summed E-state index contributed by atoms with van der Waals surface area (Å²) in [6.07, 6.45) is 5.18. The second-order valence-electron chi connectivity index (χ2n) is 5.69. The van der Waals surface area contributed by atoms with Crippen molar-refractivity contribution in [2.45, 2.75) is 38.6 Å². The Labute approximate surface area is 126 Å². The lowest BCUT2D eigenvalue weighted by Crippen LogP contribution is -2.39. The molecule has 20 heavy (non-hydrogen) atoms. The Hall–Kier alpha value is -1.06. The van der Waals surface area contributed by atoms with Gasteiger partial charge in [0.1, 0.15) is 0 Å². The average molecular weight is 295 g/mol. The van der Waals surface area contributed by atoms with Gasteiger partial charge in [-0.1, -0.05) is 31.4 Å². The van der Waals surface area contributed by atoms with Crippen LogP contribution in [0.15, 0.2) is 24.3 Å². The van der Waals surface area contributed by atoms with Crippen LogP contribution in [0.1, 0.15) is 43.0 Å². The Morgan fingerprint density at radius 2 is 2.00 bits per heavy atom. The van der Waals surface area contributed by atoms with Gasteiger partial charge >= 0.3 is 0 Å². The Bertz CT molecular complexity index is 433. The fourth-order valence-corrected chi connectivity index (χ4v) is 2.90. The van der Waals surface area contributed by atoms with E-state index >= 15 is 0 Å². The lowest BCUT2D eigenvalue weighted by atomic mass is 9.87. The maximum Gasteiger partial charge on any atom is 0.251 e. The molecule has 2 N–H and O–H groups in total. The normalized spacial score (nSPS) is 22.5. The van der Waals surface area contributed by atoms with Crippen molar-refractivity contribution in [3.63, 3.8) is 0 Å². The number of carbonyl (C=O) groups excluding carboxylic acids is 1. The van der Waals surface area contributed by atoms with Crippen LogP contribution in [-0.2, 0) is 0 Å². The fourth-order valence-electron chi connectivity index (χ4n) is 2.78. The van der Waals surface area contributed by atoms with Gasteiger partial charge in [0.05, 0.1) is 0 Å². The van der Waals surface area contributed by atoms with Crippen molar-refractivity contribution >= 4 is 17.5 Å². The number of hydrogen-bond acceptors (Lipinski definition) is 2. The van der Waals surface area contributed by atoms with E-state index in [4.69, 9.17) is 11.6 Å². The lowest BCUT2D eigenvalue weighted by molar-refractivity contribution is 0.0953. The van der Waals surface area contributed by atoms with Crippen LogP contribution in [0.4, 0.5) is 0 Å². The van der Waals surface area contributed by atoms with Crippen molar-refractivity contribution in [2.75, 3.05) is 13.1 Å². The van der Waals surface area contributed by atoms with Gasteiger partial charge in [0.2, 0.25) is 0 Å². The van der Waals surface area contributed by atoms with Gasteiger partial charge in [0, 0.05) is 29.7 Å². The highest BCUT2D eigenvalue weighted by molar-refractivity contribution is 6.30. The first-order valence-corrected chi connectivity index (χ1v) is 7.80. The van der Waals surface area contributed by atoms with Crippen molar-refractivity contribution in [2.24, 2.45) is 5.92 Å². The summed E-state index contributed by atoms with van der Waals surface area (Å²) < 4.78 is 0. The van der Waals surface area contributed by atoms with E-state index in [0.717, 1.165) is 12.5 Å². The van der Waals surface area contributed by atoms with Crippen LogP contribution >= 0.6 is 11.6 Å². The summed E-state index contributed by atoms with van der Waals surface area (Å²) in [5, 5.41) is 7.10. The molecule has 3 nitrogen and oxygen atoms in total. The van der Waals surface area contributed by atoms with Gasteiger partial charge in [-0.2, -0.15) is 0 Å². The minimum atomic E-state index is -0.0412. The Balaban J connectivity index is 1.65. The zero-order valence-electron chi connectivity index (χ0n) is 12.0. The summed E-state index contributed by atoms with van der Waals surface area (Å²) in [5.74, 6) is 0.783. The Morgan fingerprint density at radius 3 is 2.70 bits per heavy atom. The maximum absolute atomic E-state index is 11.9. The molecule has 1 amide bonds. The molecule has 1 aromatic carbocycles. The number of rotatable bonds is 5. The smallest absolute Gasteiger partial charge is 0.251 e. The number of halogens is 1. The minimum Gasteiger partial charge on any atom is -0.351 e. The molecule has 0 heterocycles. The molecule has 1 saturated carbocycles. The van der Waals surface area contributed by atoms with Crippen LogP contribution in [0.25, 0.3) is 0 Å². The van der Waals surface area contributed by atoms with Crippen molar-refractivity contribution in [1.82, 2.24) is 10.6 Å². The zero-order valence-corrected chi connectivity index (χ0v) is 12.7. The molecule has 0 aliphatic heterocycles. The van der Waals surface area contributed by atoms with Crippen LogP contribution in [0.5, 0.6) is 0 Å². The van der Waals surface area contributed by atoms with E-state index in [9.17, 15) is 4.79 Å². The predicted octanol–water partition coefficient (Wildman–Crippen LogP) is 3.24. The topological polar surface area (TPSA) is 41.1 Å². The molecule has 1 fully saturated rings. The van der Waals surface area contributed by atoms with Gasteiger partial charge in [-0.15, -0.1) is 0 Å². The van der Waals surface area contributed by atoms with Crippen molar-refractivity contribution < 1.29 is 4.79 Å². The van der Waals surface area contributed by atoms with Crippen molar-refractivity contribution in [3.05, 3.63) is 34.9 Å². The molecule has 2 atom stereocenters. The van der Waals surface area contributed by atoms with Gasteiger partial charge in [-0.25, -0.2) is 0 Å². The molecule has 0 bridgehead atoms. The molecular weight excluding hydrogens is 272 g/mol. The third kappa shape index (κ3) is 4.80. The van der Waals surface area contributed by atoms with E-state index in [-0.39, 0.29) is 5.91 Å². The second-order valence-corrected chi connectivity index (χ2v) is 6.12. The number of amides is 1. The fraction of sp³-hybridized carbons (Fsp3) is 0.562. The van der Waals surface area contributed by atoms with Crippen molar-refractivity contribution in [3.8, 4) is 0 Å². The molecule has 0 radical (unpaired) electrons. The molecule has 0 spiro atoms. The SMILES string of the molecule is CC1CCCC(NCCNC(=O)c2ccc(Cl)cc2)C1. The lowest BCUT2D eigenvalue weighted by Gasteiger charge is -2.27. The van der Waals surface area contributed by atoms with Gasteiger partial charge in [0.15, 0.2) is 0 Å². The molecule has 4 heteroatoms. The molecule has 110 valence electrons. The van der Waals surface area contributed by atoms with Crippen molar-refractivity contribution in [1.29, 1.82) is 0 Å². The second kappa shape index (κ2) is 7.65. The van der Waals surface area contributed by atoms with Crippen LogP contribution in [0, 0.1) is 5.92 Å². The first-order valence-electron chi connectivity index (χ1n) is 7.42. The van der Waals surface area contributed by atoms with Crippen LogP contribution < -0.4 is 10.6 Å². The molecular formula is C16H23ClN2O. The summed E-state index contributed by atoms with van der Waals surface area (Å²) in [7, 11) is 0. The third-order valence-corrected chi connectivity index (χ3v) is 4.14. The van der Waals surface area contributed by atoms with Crippen LogP contribution in [-0.4, -0.2) is 25.0 Å². The largest absolute Gasteiger partial charge is 0.351 e. The van der Waals surface area contributed by atoms with E-state index in [1.54, 1.807) is 24.3 Å². The van der Waals surface area contributed by atoms with E-state index in [1.165, 1.54) is 25.7 Å². The van der Waals surface area contributed by atoms with E-state index in [2.05, 4.69) is 17.6 Å². The molecule has 1 aliphatic carbocycles. The number of hydrogen-bond donors (Lipinski definition) is 2. The predicted molar refractivity (Wildman–Crippen MR) is 83.2 cm³/mol. The minimum absolute atomic E-state index is 0.0412. The standard InChI is InChI=1S/C16H23ClN2O/c1-12-3-2-4-15(11-12)18-9-10-19-16(20)13-5-7-14(17)8-6-13/h5-8,12,15,18H,2-4,9-11H2,1H3,(H,19,20). The monoisotopic (exact) mass is 294 g/mol. The Morgan fingerprint density at radius 1 is 1.25 bits per heavy atom. The first kappa shape index (κ1) is 15.3. The van der Waals surface area contributed by atoms with Crippen LogP contribution in [0.3, 0.4) is 0 Å². The molecule has 0 saturated heterocycles. The molecule has 0 aromatic heterocycles. The molecule has 2 unspecified atom stereocenters. The quantitative estimate of drug-likeness (QED) is 0.819. The highest BCUT2D eigenvalue weighted by Gasteiger charge is 2.17. The zero-order chi connectivity index (χ0) is 14.4.